The third-order valence-corrected chi connectivity index (χ3v) is 4.33. The fourth-order valence-corrected chi connectivity index (χ4v) is 3.07. The van der Waals surface area contributed by atoms with Gasteiger partial charge in [0.15, 0.2) is 0 Å². The molecular formula is C17H17ClN2O3. The van der Waals surface area contributed by atoms with Gasteiger partial charge < -0.3 is 14.6 Å². The topological polar surface area (TPSA) is 60.3 Å². The minimum absolute atomic E-state index is 0.133. The summed E-state index contributed by atoms with van der Waals surface area (Å²) < 4.78 is 6.93. The molecule has 120 valence electrons. The number of carbonyl (C=O) groups excluding carboxylic acids is 1. The van der Waals surface area contributed by atoms with Gasteiger partial charge in [-0.25, -0.2) is 0 Å². The van der Waals surface area contributed by atoms with E-state index in [0.717, 1.165) is 18.5 Å². The van der Waals surface area contributed by atoms with E-state index in [1.807, 2.05) is 0 Å². The summed E-state index contributed by atoms with van der Waals surface area (Å²) >= 11 is 6.10. The van der Waals surface area contributed by atoms with Gasteiger partial charge in [-0.15, -0.1) is 0 Å². The van der Waals surface area contributed by atoms with E-state index in [2.05, 4.69) is 5.32 Å². The molecule has 1 aromatic carbocycles. The Hall–Kier alpha value is -2.27. The molecule has 0 unspecified atom stereocenters. The van der Waals surface area contributed by atoms with Crippen molar-refractivity contribution in [2.45, 2.75) is 25.8 Å². The number of methoxy groups -OCH3 is 1. The number of fused-ring (bicyclic) bond motifs is 1. The molecule has 0 spiro atoms. The van der Waals surface area contributed by atoms with Gasteiger partial charge in [-0.1, -0.05) is 23.7 Å². The zero-order valence-electron chi connectivity index (χ0n) is 12.8. The van der Waals surface area contributed by atoms with Gasteiger partial charge in [0.25, 0.3) is 11.5 Å². The Bertz CT molecular complexity index is 814. The number of carbonyl (C=O) groups is 1. The molecule has 23 heavy (non-hydrogen) atoms. The molecule has 0 saturated carbocycles. The number of amides is 1. The third kappa shape index (κ3) is 2.97. The quantitative estimate of drug-likeness (QED) is 0.939. The number of nitrogens with one attached hydrogen (secondary N) is 1. The van der Waals surface area contributed by atoms with E-state index in [9.17, 15) is 9.59 Å². The zero-order chi connectivity index (χ0) is 16.4. The van der Waals surface area contributed by atoms with Gasteiger partial charge in [0.1, 0.15) is 11.3 Å². The van der Waals surface area contributed by atoms with Crippen LogP contribution in [0, 0.1) is 0 Å². The number of pyridine rings is 1. The van der Waals surface area contributed by atoms with E-state index in [4.69, 9.17) is 16.3 Å². The Kier molecular flexibility index (Phi) is 4.39. The number of benzene rings is 1. The molecule has 6 heteroatoms. The lowest BCUT2D eigenvalue weighted by atomic mass is 10.0. The highest BCUT2D eigenvalue weighted by Crippen LogP contribution is 2.27. The summed E-state index contributed by atoms with van der Waals surface area (Å²) in [4.78, 5) is 24.9. The van der Waals surface area contributed by atoms with Crippen LogP contribution in [-0.4, -0.2) is 17.6 Å². The summed E-state index contributed by atoms with van der Waals surface area (Å²) in [6.45, 7) is 0.629. The molecule has 0 bridgehead atoms. The van der Waals surface area contributed by atoms with Crippen LogP contribution in [0.15, 0.2) is 35.1 Å². The van der Waals surface area contributed by atoms with Crippen molar-refractivity contribution in [3.63, 3.8) is 0 Å². The number of aromatic nitrogens is 1. The minimum Gasteiger partial charge on any atom is -0.496 e. The summed E-state index contributed by atoms with van der Waals surface area (Å²) in [5.41, 5.74) is 1.53. The number of anilines is 1. The van der Waals surface area contributed by atoms with Crippen molar-refractivity contribution in [1.82, 2.24) is 4.57 Å². The molecule has 1 aromatic heterocycles. The first kappa shape index (κ1) is 15.6. The second kappa shape index (κ2) is 6.46. The smallest absolute Gasteiger partial charge is 0.261 e. The van der Waals surface area contributed by atoms with Crippen molar-refractivity contribution < 1.29 is 9.53 Å². The van der Waals surface area contributed by atoms with Crippen LogP contribution < -0.4 is 15.6 Å². The standard InChI is InChI=1S/C17H17ClN2O3/c1-23-14-10-15(21)20-9-5-4-8-13(20)16(14)17(22)19-12-7-3-2-6-11(12)18/h2-3,6-7,10H,4-5,8-9H2,1H3,(H,19,22). The first-order valence-electron chi connectivity index (χ1n) is 7.48. The first-order chi connectivity index (χ1) is 11.1. The van der Waals surface area contributed by atoms with E-state index in [0.29, 0.717) is 35.0 Å². The molecule has 0 atom stereocenters. The maximum absolute atomic E-state index is 12.8. The normalized spacial score (nSPS) is 13.3. The summed E-state index contributed by atoms with van der Waals surface area (Å²) in [6, 6.07) is 8.40. The summed E-state index contributed by atoms with van der Waals surface area (Å²) in [5, 5.41) is 3.26. The van der Waals surface area contributed by atoms with Crippen LogP contribution in [0.4, 0.5) is 5.69 Å². The highest BCUT2D eigenvalue weighted by Gasteiger charge is 2.24. The lowest BCUT2D eigenvalue weighted by molar-refractivity contribution is 0.102. The lowest BCUT2D eigenvalue weighted by Crippen LogP contribution is -2.30. The molecule has 5 nitrogen and oxygen atoms in total. The highest BCUT2D eigenvalue weighted by atomic mass is 35.5. The Morgan fingerprint density at radius 3 is 2.83 bits per heavy atom. The maximum Gasteiger partial charge on any atom is 0.261 e. The minimum atomic E-state index is -0.319. The van der Waals surface area contributed by atoms with Gasteiger partial charge in [0.05, 0.1) is 17.8 Å². The first-order valence-corrected chi connectivity index (χ1v) is 7.86. The van der Waals surface area contributed by atoms with Crippen LogP contribution in [0.5, 0.6) is 5.75 Å². The summed E-state index contributed by atoms with van der Waals surface area (Å²) in [5.74, 6) is -0.0201. The number of hydrogen-bond donors (Lipinski definition) is 1. The number of ether oxygens (including phenoxy) is 1. The van der Waals surface area contributed by atoms with E-state index in [1.54, 1.807) is 28.8 Å². The van der Waals surface area contributed by atoms with Crippen molar-refractivity contribution in [3.8, 4) is 5.75 Å². The number of halogens is 1. The maximum atomic E-state index is 12.8. The fourth-order valence-electron chi connectivity index (χ4n) is 2.89. The summed E-state index contributed by atoms with van der Waals surface area (Å²) in [7, 11) is 1.46. The summed E-state index contributed by atoms with van der Waals surface area (Å²) in [6.07, 6.45) is 2.56. The van der Waals surface area contributed by atoms with Gasteiger partial charge in [-0.05, 0) is 31.4 Å². The van der Waals surface area contributed by atoms with Crippen molar-refractivity contribution in [2.75, 3.05) is 12.4 Å². The monoisotopic (exact) mass is 332 g/mol. The largest absolute Gasteiger partial charge is 0.496 e. The van der Waals surface area contributed by atoms with Crippen molar-refractivity contribution >= 4 is 23.2 Å². The Morgan fingerprint density at radius 2 is 2.09 bits per heavy atom. The van der Waals surface area contributed by atoms with Gasteiger partial charge in [0.2, 0.25) is 0 Å². The number of para-hydroxylation sites is 1. The van der Waals surface area contributed by atoms with Crippen molar-refractivity contribution in [2.24, 2.45) is 0 Å². The molecule has 0 radical (unpaired) electrons. The molecule has 0 aliphatic carbocycles. The van der Waals surface area contributed by atoms with E-state index in [-0.39, 0.29) is 11.5 Å². The Morgan fingerprint density at radius 1 is 1.30 bits per heavy atom. The number of nitrogens with zero attached hydrogens (tertiary/aromatic N) is 1. The molecule has 0 saturated heterocycles. The van der Waals surface area contributed by atoms with E-state index < -0.39 is 0 Å². The van der Waals surface area contributed by atoms with Gasteiger partial charge >= 0.3 is 0 Å². The highest BCUT2D eigenvalue weighted by molar-refractivity contribution is 6.34. The number of rotatable bonds is 3. The second-order valence-electron chi connectivity index (χ2n) is 5.42. The van der Waals surface area contributed by atoms with Crippen LogP contribution in [-0.2, 0) is 13.0 Å². The van der Waals surface area contributed by atoms with Gasteiger partial charge in [-0.3, -0.25) is 9.59 Å². The zero-order valence-corrected chi connectivity index (χ0v) is 13.5. The molecule has 0 fully saturated rings. The molecule has 1 N–H and O–H groups in total. The molecule has 2 heterocycles. The van der Waals surface area contributed by atoms with Crippen LogP contribution in [0.3, 0.4) is 0 Å². The van der Waals surface area contributed by atoms with Gasteiger partial charge in [0, 0.05) is 18.3 Å². The Balaban J connectivity index is 2.06. The third-order valence-electron chi connectivity index (χ3n) is 4.00. The average Bonchev–Trinajstić information content (AvgIpc) is 2.56. The second-order valence-corrected chi connectivity index (χ2v) is 5.82. The molecular weight excluding hydrogens is 316 g/mol. The molecule has 1 amide bonds. The van der Waals surface area contributed by atoms with Crippen LogP contribution in [0.2, 0.25) is 5.02 Å². The SMILES string of the molecule is COc1cc(=O)n2c(c1C(=O)Nc1ccccc1Cl)CCCC2. The van der Waals surface area contributed by atoms with Crippen LogP contribution >= 0.6 is 11.6 Å². The molecule has 1 aliphatic heterocycles. The van der Waals surface area contributed by atoms with Crippen LogP contribution in [0.25, 0.3) is 0 Å². The molecule has 3 rings (SSSR count). The lowest BCUT2D eigenvalue weighted by Gasteiger charge is -2.22. The van der Waals surface area contributed by atoms with Crippen LogP contribution in [0.1, 0.15) is 28.9 Å². The number of hydrogen-bond acceptors (Lipinski definition) is 3. The molecule has 1 aliphatic rings. The predicted octanol–water partition coefficient (Wildman–Crippen LogP) is 3.10. The Labute approximate surface area is 138 Å². The fraction of sp³-hybridized carbons (Fsp3) is 0.294. The van der Waals surface area contributed by atoms with Crippen molar-refractivity contribution in [3.05, 3.63) is 57.0 Å². The van der Waals surface area contributed by atoms with Gasteiger partial charge in [-0.2, -0.15) is 0 Å². The average molecular weight is 333 g/mol. The van der Waals surface area contributed by atoms with E-state index in [1.165, 1.54) is 13.2 Å². The predicted molar refractivity (Wildman–Crippen MR) is 89.6 cm³/mol. The molecule has 2 aromatic rings. The van der Waals surface area contributed by atoms with E-state index >= 15 is 0 Å². The van der Waals surface area contributed by atoms with Crippen molar-refractivity contribution in [1.29, 1.82) is 0 Å².